The van der Waals surface area contributed by atoms with Gasteiger partial charge in [0.25, 0.3) is 0 Å². The van der Waals surface area contributed by atoms with Crippen LogP contribution in [0.2, 0.25) is 0 Å². The molecule has 0 fully saturated rings. The molecule has 8 heteroatoms. The maximum absolute atomic E-state index is 13.9. The number of hydrogen-bond donors (Lipinski definition) is 2. The summed E-state index contributed by atoms with van der Waals surface area (Å²) in [7, 11) is -3.59. The Morgan fingerprint density at radius 2 is 1.71 bits per heavy atom. The Bertz CT molecular complexity index is 957. The molecular formula is C20H26FN3O3S. The molecule has 2 rings (SSSR count). The van der Waals surface area contributed by atoms with Crippen molar-refractivity contribution >= 4 is 27.3 Å². The zero-order valence-corrected chi connectivity index (χ0v) is 17.4. The van der Waals surface area contributed by atoms with E-state index in [0.717, 1.165) is 11.1 Å². The van der Waals surface area contributed by atoms with Gasteiger partial charge in [0, 0.05) is 18.8 Å². The van der Waals surface area contributed by atoms with E-state index in [9.17, 15) is 17.6 Å². The predicted molar refractivity (Wildman–Crippen MR) is 110 cm³/mol. The lowest BCUT2D eigenvalue weighted by Crippen LogP contribution is -2.30. The maximum atomic E-state index is 13.9. The molecule has 0 saturated carbocycles. The van der Waals surface area contributed by atoms with Crippen LogP contribution in [-0.4, -0.2) is 38.3 Å². The molecule has 1 amide bonds. The summed E-state index contributed by atoms with van der Waals surface area (Å²) in [5.74, 6) is -0.934. The number of nitrogens with zero attached hydrogens (tertiary/aromatic N) is 1. The van der Waals surface area contributed by atoms with Crippen molar-refractivity contribution in [2.75, 3.05) is 30.3 Å². The van der Waals surface area contributed by atoms with Gasteiger partial charge in [0.05, 0.1) is 17.1 Å². The van der Waals surface area contributed by atoms with Gasteiger partial charge in [-0.1, -0.05) is 26.0 Å². The van der Waals surface area contributed by atoms with Crippen molar-refractivity contribution in [3.8, 4) is 0 Å². The van der Waals surface area contributed by atoms with Crippen LogP contribution in [0.25, 0.3) is 0 Å². The average Bonchev–Trinajstić information content (AvgIpc) is 2.64. The second-order valence-corrected chi connectivity index (χ2v) is 8.39. The highest BCUT2D eigenvalue weighted by atomic mass is 32.2. The molecule has 0 unspecified atom stereocenters. The van der Waals surface area contributed by atoms with Gasteiger partial charge in [0.2, 0.25) is 15.9 Å². The summed E-state index contributed by atoms with van der Waals surface area (Å²) < 4.78 is 40.6. The molecule has 0 aliphatic carbocycles. The summed E-state index contributed by atoms with van der Waals surface area (Å²) in [4.78, 5) is 12.3. The lowest BCUT2D eigenvalue weighted by molar-refractivity contribution is -0.114. The molecule has 0 aliphatic rings. The van der Waals surface area contributed by atoms with Gasteiger partial charge in [-0.25, -0.2) is 12.8 Å². The quantitative estimate of drug-likeness (QED) is 0.702. The highest BCUT2D eigenvalue weighted by Gasteiger charge is 2.22. The van der Waals surface area contributed by atoms with Crippen molar-refractivity contribution in [1.29, 1.82) is 0 Å². The molecule has 6 nitrogen and oxygen atoms in total. The molecule has 2 aromatic rings. The van der Waals surface area contributed by atoms with E-state index in [-0.39, 0.29) is 17.1 Å². The minimum atomic E-state index is -3.59. The van der Waals surface area contributed by atoms with Crippen LogP contribution in [0.4, 0.5) is 15.8 Å². The van der Waals surface area contributed by atoms with E-state index in [1.807, 2.05) is 6.92 Å². The molecule has 2 N–H and O–H groups in total. The number of halogens is 1. The third kappa shape index (κ3) is 5.08. The number of hydrogen-bond acceptors (Lipinski definition) is 4. The van der Waals surface area contributed by atoms with E-state index in [1.54, 1.807) is 39.0 Å². The summed E-state index contributed by atoms with van der Waals surface area (Å²) in [5, 5.41) is 5.44. The Hall–Kier alpha value is -2.45. The van der Waals surface area contributed by atoms with Crippen LogP contribution in [0.3, 0.4) is 0 Å². The Balaban J connectivity index is 2.12. The largest absolute Gasteiger partial charge is 0.376 e. The van der Waals surface area contributed by atoms with Crippen LogP contribution >= 0.6 is 0 Å². The van der Waals surface area contributed by atoms with Gasteiger partial charge in [-0.15, -0.1) is 0 Å². The molecule has 0 radical (unpaired) electrons. The van der Waals surface area contributed by atoms with Crippen molar-refractivity contribution in [3.05, 3.63) is 53.3 Å². The fraction of sp³-hybridized carbons (Fsp3) is 0.350. The molecule has 28 heavy (non-hydrogen) atoms. The highest BCUT2D eigenvalue weighted by Crippen LogP contribution is 2.23. The van der Waals surface area contributed by atoms with Crippen molar-refractivity contribution < 1.29 is 17.6 Å². The number of carbonyl (C=O) groups is 1. The minimum absolute atomic E-state index is 0.104. The minimum Gasteiger partial charge on any atom is -0.376 e. The third-order valence-corrected chi connectivity index (χ3v) is 6.44. The summed E-state index contributed by atoms with van der Waals surface area (Å²) in [6.45, 7) is 7.76. The molecule has 2 aromatic carbocycles. The first-order valence-electron chi connectivity index (χ1n) is 9.09. The third-order valence-electron chi connectivity index (χ3n) is 4.39. The van der Waals surface area contributed by atoms with Crippen molar-refractivity contribution in [2.45, 2.75) is 32.6 Å². The summed E-state index contributed by atoms with van der Waals surface area (Å²) >= 11 is 0. The van der Waals surface area contributed by atoms with E-state index in [2.05, 4.69) is 10.6 Å². The molecule has 0 atom stereocenters. The number of amides is 1. The van der Waals surface area contributed by atoms with E-state index >= 15 is 0 Å². The average molecular weight is 408 g/mol. The standard InChI is InChI=1S/C20H26FN3O3S/c1-5-24(6-2)28(26,27)16-9-8-15(4)19(12-16)22-13-20(25)23-18-10-7-14(3)11-17(18)21/h7-12,22H,5-6,13H2,1-4H3,(H,23,25). The molecule has 0 aromatic heterocycles. The molecule has 0 saturated heterocycles. The summed E-state index contributed by atoms with van der Waals surface area (Å²) in [6, 6.07) is 9.31. The number of anilines is 2. The van der Waals surface area contributed by atoms with Crippen LogP contribution in [0.1, 0.15) is 25.0 Å². The normalized spacial score (nSPS) is 11.5. The van der Waals surface area contributed by atoms with E-state index in [1.165, 1.54) is 22.5 Å². The van der Waals surface area contributed by atoms with Gasteiger partial charge < -0.3 is 10.6 Å². The van der Waals surface area contributed by atoms with E-state index < -0.39 is 21.7 Å². The molecule has 152 valence electrons. The fourth-order valence-corrected chi connectivity index (χ4v) is 4.24. The smallest absolute Gasteiger partial charge is 0.243 e. The number of benzene rings is 2. The van der Waals surface area contributed by atoms with Gasteiger partial charge in [-0.05, 0) is 49.2 Å². The molecule has 0 aliphatic heterocycles. The summed E-state index contributed by atoms with van der Waals surface area (Å²) in [5.41, 5.74) is 2.20. The summed E-state index contributed by atoms with van der Waals surface area (Å²) in [6.07, 6.45) is 0. The molecule has 0 heterocycles. The van der Waals surface area contributed by atoms with Gasteiger partial charge in [-0.2, -0.15) is 4.31 Å². The topological polar surface area (TPSA) is 78.5 Å². The van der Waals surface area contributed by atoms with Crippen molar-refractivity contribution in [2.24, 2.45) is 0 Å². The first-order valence-corrected chi connectivity index (χ1v) is 10.5. The molecular weight excluding hydrogens is 381 g/mol. The van der Waals surface area contributed by atoms with Crippen LogP contribution in [0.15, 0.2) is 41.3 Å². The Kier molecular flexibility index (Phi) is 7.15. The predicted octanol–water partition coefficient (Wildman–Crippen LogP) is 3.52. The van der Waals surface area contributed by atoms with E-state index in [4.69, 9.17) is 0 Å². The molecule has 0 spiro atoms. The van der Waals surface area contributed by atoms with Crippen molar-refractivity contribution in [1.82, 2.24) is 4.31 Å². The van der Waals surface area contributed by atoms with Crippen molar-refractivity contribution in [3.63, 3.8) is 0 Å². The zero-order chi connectivity index (χ0) is 20.9. The fourth-order valence-electron chi connectivity index (χ4n) is 2.76. The van der Waals surface area contributed by atoms with Crippen LogP contribution in [0.5, 0.6) is 0 Å². The first kappa shape index (κ1) is 21.8. The first-order chi connectivity index (χ1) is 13.2. The number of carbonyl (C=O) groups excluding carboxylic acids is 1. The van der Waals surface area contributed by atoms with E-state index in [0.29, 0.717) is 18.8 Å². The Morgan fingerprint density at radius 3 is 2.32 bits per heavy atom. The zero-order valence-electron chi connectivity index (χ0n) is 16.5. The van der Waals surface area contributed by atoms with Gasteiger partial charge in [-0.3, -0.25) is 4.79 Å². The SMILES string of the molecule is CCN(CC)S(=O)(=O)c1ccc(C)c(NCC(=O)Nc2ccc(C)cc2F)c1. The second kappa shape index (κ2) is 9.16. The number of sulfonamides is 1. The van der Waals surface area contributed by atoms with Crippen LogP contribution < -0.4 is 10.6 Å². The number of aryl methyl sites for hydroxylation is 2. The van der Waals surface area contributed by atoms with Crippen LogP contribution in [0, 0.1) is 19.7 Å². The molecule has 0 bridgehead atoms. The maximum Gasteiger partial charge on any atom is 0.243 e. The Morgan fingerprint density at radius 1 is 1.04 bits per heavy atom. The van der Waals surface area contributed by atoms with Gasteiger partial charge in [0.15, 0.2) is 0 Å². The number of rotatable bonds is 8. The lowest BCUT2D eigenvalue weighted by atomic mass is 10.2. The van der Waals surface area contributed by atoms with Crippen LogP contribution in [-0.2, 0) is 14.8 Å². The second-order valence-electron chi connectivity index (χ2n) is 6.45. The highest BCUT2D eigenvalue weighted by molar-refractivity contribution is 7.89. The Labute approximate surface area is 165 Å². The monoisotopic (exact) mass is 407 g/mol. The number of nitrogens with one attached hydrogen (secondary N) is 2. The van der Waals surface area contributed by atoms with Gasteiger partial charge >= 0.3 is 0 Å². The van der Waals surface area contributed by atoms with Gasteiger partial charge in [0.1, 0.15) is 5.82 Å². The lowest BCUT2D eigenvalue weighted by Gasteiger charge is -2.19.